The number of nitrogens with zero attached hydrogens (tertiary/aromatic N) is 2. The Bertz CT molecular complexity index is 620. The minimum Gasteiger partial charge on any atom is -0.447 e. The van der Waals surface area contributed by atoms with E-state index in [2.05, 4.69) is 0 Å². The maximum absolute atomic E-state index is 12.6. The van der Waals surface area contributed by atoms with Crippen LogP contribution in [-0.2, 0) is 14.3 Å². The predicted octanol–water partition coefficient (Wildman–Crippen LogP) is 1.53. The average Bonchev–Trinajstić information content (AvgIpc) is 2.96. The van der Waals surface area contributed by atoms with Gasteiger partial charge in [0.1, 0.15) is 6.61 Å². The van der Waals surface area contributed by atoms with Gasteiger partial charge in [-0.2, -0.15) is 0 Å². The average molecular weight is 302 g/mol. The van der Waals surface area contributed by atoms with Gasteiger partial charge < -0.3 is 14.4 Å². The highest BCUT2D eigenvalue weighted by atomic mass is 16.6. The van der Waals surface area contributed by atoms with Crippen molar-refractivity contribution in [2.45, 2.75) is 31.2 Å². The summed E-state index contributed by atoms with van der Waals surface area (Å²) in [7, 11) is 0. The number of hydrogen-bond donors (Lipinski definition) is 0. The summed E-state index contributed by atoms with van der Waals surface area (Å²) >= 11 is 0. The van der Waals surface area contributed by atoms with Crippen LogP contribution >= 0.6 is 0 Å². The Kier molecular flexibility index (Phi) is 2.91. The van der Waals surface area contributed by atoms with Crippen LogP contribution in [0.1, 0.15) is 24.9 Å². The topological polar surface area (TPSA) is 59.1 Å². The fourth-order valence-corrected chi connectivity index (χ4v) is 3.72. The number of fused-ring (bicyclic) bond motifs is 1. The molecular weight excluding hydrogens is 284 g/mol. The van der Waals surface area contributed by atoms with Gasteiger partial charge in [0, 0.05) is 6.54 Å². The second-order valence-electron chi connectivity index (χ2n) is 6.10. The number of ether oxygens (including phenoxy) is 2. The molecule has 3 atom stereocenters. The number of β-lactam (4-membered cyclic amide) rings is 1. The molecule has 1 aromatic carbocycles. The lowest BCUT2D eigenvalue weighted by Crippen LogP contribution is -2.80. The van der Waals surface area contributed by atoms with E-state index in [1.165, 1.54) is 0 Å². The van der Waals surface area contributed by atoms with E-state index < -0.39 is 11.6 Å². The maximum atomic E-state index is 12.6. The Morgan fingerprint density at radius 1 is 1.23 bits per heavy atom. The molecule has 1 aromatic rings. The predicted molar refractivity (Wildman–Crippen MR) is 76.8 cm³/mol. The minimum atomic E-state index is -0.978. The van der Waals surface area contributed by atoms with Crippen molar-refractivity contribution in [3.8, 4) is 0 Å². The van der Waals surface area contributed by atoms with Crippen LogP contribution in [0.5, 0.6) is 0 Å². The molecule has 6 heteroatoms. The molecule has 3 fully saturated rings. The fraction of sp³-hybridized carbons (Fsp3) is 0.500. The molecule has 0 spiro atoms. The summed E-state index contributed by atoms with van der Waals surface area (Å²) in [6.45, 7) is 3.35. The minimum absolute atomic E-state index is 0.0584. The smallest absolute Gasteiger partial charge is 0.411 e. The number of amides is 2. The zero-order chi connectivity index (χ0) is 15.3. The van der Waals surface area contributed by atoms with Crippen molar-refractivity contribution >= 4 is 12.0 Å². The van der Waals surface area contributed by atoms with Crippen LogP contribution in [0, 0.1) is 0 Å². The van der Waals surface area contributed by atoms with Gasteiger partial charge in [0.2, 0.25) is 0 Å². The lowest BCUT2D eigenvalue weighted by Gasteiger charge is -2.58. The largest absolute Gasteiger partial charge is 0.447 e. The number of hydrogen-bond acceptors (Lipinski definition) is 4. The second-order valence-corrected chi connectivity index (χ2v) is 6.10. The molecule has 0 aliphatic carbocycles. The summed E-state index contributed by atoms with van der Waals surface area (Å²) < 4.78 is 11.0. The van der Waals surface area contributed by atoms with Gasteiger partial charge in [-0.25, -0.2) is 4.79 Å². The summed E-state index contributed by atoms with van der Waals surface area (Å²) in [5.41, 5.74) is -0.00856. The van der Waals surface area contributed by atoms with Crippen molar-refractivity contribution in [2.75, 3.05) is 19.8 Å². The molecule has 4 rings (SSSR count). The van der Waals surface area contributed by atoms with Gasteiger partial charge in [0.05, 0.1) is 12.6 Å². The zero-order valence-corrected chi connectivity index (χ0v) is 12.4. The van der Waals surface area contributed by atoms with E-state index in [0.29, 0.717) is 13.2 Å². The molecule has 3 aliphatic heterocycles. The van der Waals surface area contributed by atoms with Crippen LogP contribution in [0.3, 0.4) is 0 Å². The Labute approximate surface area is 128 Å². The number of rotatable bonds is 2. The van der Waals surface area contributed by atoms with Crippen LogP contribution in [0.25, 0.3) is 0 Å². The van der Waals surface area contributed by atoms with Crippen LogP contribution in [0.4, 0.5) is 4.79 Å². The summed E-state index contributed by atoms with van der Waals surface area (Å²) in [6.07, 6.45) is 0.0226. The molecule has 3 aliphatic rings. The molecule has 0 bridgehead atoms. The van der Waals surface area contributed by atoms with Gasteiger partial charge in [0.25, 0.3) is 5.91 Å². The number of benzene rings is 1. The third kappa shape index (κ3) is 1.64. The van der Waals surface area contributed by atoms with Gasteiger partial charge in [-0.1, -0.05) is 30.3 Å². The molecule has 0 radical (unpaired) electrons. The van der Waals surface area contributed by atoms with E-state index >= 15 is 0 Å². The van der Waals surface area contributed by atoms with E-state index in [1.807, 2.05) is 30.3 Å². The summed E-state index contributed by atoms with van der Waals surface area (Å²) in [5, 5.41) is 0. The van der Waals surface area contributed by atoms with E-state index in [4.69, 9.17) is 9.47 Å². The van der Waals surface area contributed by atoms with Gasteiger partial charge in [-0.05, 0) is 18.9 Å². The normalized spacial score (nSPS) is 34.2. The highest BCUT2D eigenvalue weighted by Crippen LogP contribution is 2.45. The van der Waals surface area contributed by atoms with Crippen molar-refractivity contribution in [3.63, 3.8) is 0 Å². The van der Waals surface area contributed by atoms with Crippen molar-refractivity contribution in [3.05, 3.63) is 35.9 Å². The van der Waals surface area contributed by atoms with Crippen LogP contribution in [-0.4, -0.2) is 53.3 Å². The molecule has 0 aromatic heterocycles. The first-order chi connectivity index (χ1) is 10.6. The zero-order valence-electron chi connectivity index (χ0n) is 12.4. The van der Waals surface area contributed by atoms with Gasteiger partial charge >= 0.3 is 6.09 Å². The van der Waals surface area contributed by atoms with Crippen molar-refractivity contribution in [1.29, 1.82) is 0 Å². The molecule has 22 heavy (non-hydrogen) atoms. The Morgan fingerprint density at radius 3 is 2.77 bits per heavy atom. The van der Waals surface area contributed by atoms with Crippen molar-refractivity contribution in [2.24, 2.45) is 0 Å². The standard InChI is InChI=1S/C16H18N2O4/c1-16(13(19)17-8-5-9-21-14(16)17)18-12(10-22-15(18)20)11-6-3-2-4-7-11/h2-4,6-7,12,14H,5,8-10H2,1H3/t12-,14+,16-/m1/s1. The Hall–Kier alpha value is -2.08. The molecule has 0 unspecified atom stereocenters. The first-order valence-corrected chi connectivity index (χ1v) is 7.58. The number of carbonyl (C=O) groups excluding carboxylic acids is 2. The third-order valence-electron chi connectivity index (χ3n) is 4.83. The second kappa shape index (κ2) is 4.71. The Morgan fingerprint density at radius 2 is 2.00 bits per heavy atom. The van der Waals surface area contributed by atoms with E-state index in [0.717, 1.165) is 12.0 Å². The van der Waals surface area contributed by atoms with Gasteiger partial charge in [0.15, 0.2) is 11.8 Å². The highest BCUT2D eigenvalue weighted by molar-refractivity contribution is 5.96. The summed E-state index contributed by atoms with van der Waals surface area (Å²) in [4.78, 5) is 28.2. The van der Waals surface area contributed by atoms with E-state index in [1.54, 1.807) is 16.7 Å². The third-order valence-corrected chi connectivity index (χ3v) is 4.83. The number of carbonyl (C=O) groups is 2. The summed E-state index contributed by atoms with van der Waals surface area (Å²) in [6, 6.07) is 9.41. The van der Waals surface area contributed by atoms with Crippen molar-refractivity contribution < 1.29 is 19.1 Å². The quantitative estimate of drug-likeness (QED) is 0.777. The molecule has 3 heterocycles. The van der Waals surface area contributed by atoms with Crippen molar-refractivity contribution in [1.82, 2.24) is 9.80 Å². The molecule has 116 valence electrons. The lowest BCUT2D eigenvalue weighted by molar-refractivity contribution is -0.232. The van der Waals surface area contributed by atoms with Crippen LogP contribution in [0.15, 0.2) is 30.3 Å². The monoisotopic (exact) mass is 302 g/mol. The molecule has 0 saturated carbocycles. The lowest BCUT2D eigenvalue weighted by atomic mass is 9.83. The Balaban J connectivity index is 1.70. The summed E-state index contributed by atoms with van der Waals surface area (Å²) in [5.74, 6) is -0.0584. The number of cyclic esters (lactones) is 1. The first-order valence-electron chi connectivity index (χ1n) is 7.58. The molecule has 0 N–H and O–H groups in total. The van der Waals surface area contributed by atoms with Crippen LogP contribution < -0.4 is 0 Å². The van der Waals surface area contributed by atoms with Crippen LogP contribution in [0.2, 0.25) is 0 Å². The highest BCUT2D eigenvalue weighted by Gasteiger charge is 2.66. The first kappa shape index (κ1) is 13.6. The molecule has 3 saturated heterocycles. The maximum Gasteiger partial charge on any atom is 0.411 e. The fourth-order valence-electron chi connectivity index (χ4n) is 3.72. The molecule has 6 nitrogen and oxygen atoms in total. The SMILES string of the molecule is C[C@@]1(N2C(=O)OC[C@@H]2c2ccccc2)C(=O)N2CCCO[C@H]21. The van der Waals surface area contributed by atoms with Gasteiger partial charge in [-0.15, -0.1) is 0 Å². The molecular formula is C16H18N2O4. The van der Waals surface area contributed by atoms with E-state index in [9.17, 15) is 9.59 Å². The van der Waals surface area contributed by atoms with E-state index in [-0.39, 0.29) is 24.8 Å². The molecule has 2 amide bonds. The van der Waals surface area contributed by atoms with Gasteiger partial charge in [-0.3, -0.25) is 9.69 Å².